The molecule has 0 spiro atoms. The van der Waals surface area contributed by atoms with Gasteiger partial charge < -0.3 is 9.15 Å². The van der Waals surface area contributed by atoms with Crippen LogP contribution in [0.5, 0.6) is 0 Å². The number of nitrogens with one attached hydrogen (secondary N) is 1. The van der Waals surface area contributed by atoms with E-state index in [1.54, 1.807) is 35.8 Å². The van der Waals surface area contributed by atoms with Gasteiger partial charge in [0.2, 0.25) is 5.89 Å². The van der Waals surface area contributed by atoms with Gasteiger partial charge >= 0.3 is 12.0 Å². The van der Waals surface area contributed by atoms with E-state index >= 15 is 0 Å². The number of aromatic nitrogens is 3. The standard InChI is InChI=1S/C18H12N4O4S/c23-15(20-18-22-21-16(26-18)11-4-2-1-3-5-11)9-25-17(24)12-6-7-13-14(8-12)27-10-19-13/h1-8,10H,9H2,(H,20,22,23). The Morgan fingerprint density at radius 2 is 1.96 bits per heavy atom. The average molecular weight is 380 g/mol. The molecule has 8 nitrogen and oxygen atoms in total. The van der Waals surface area contributed by atoms with Gasteiger partial charge in [0.1, 0.15) is 0 Å². The van der Waals surface area contributed by atoms with Crippen molar-refractivity contribution >= 4 is 39.4 Å². The highest BCUT2D eigenvalue weighted by atomic mass is 32.1. The molecule has 1 N–H and O–H groups in total. The second kappa shape index (κ2) is 7.34. The van der Waals surface area contributed by atoms with Crippen LogP contribution in [0.1, 0.15) is 10.4 Å². The molecule has 134 valence electrons. The van der Waals surface area contributed by atoms with E-state index in [1.807, 2.05) is 18.2 Å². The van der Waals surface area contributed by atoms with E-state index in [-0.39, 0.29) is 11.9 Å². The van der Waals surface area contributed by atoms with Crippen LogP contribution < -0.4 is 5.32 Å². The molecule has 0 atom stereocenters. The normalized spacial score (nSPS) is 10.7. The number of thiazole rings is 1. The molecule has 27 heavy (non-hydrogen) atoms. The van der Waals surface area contributed by atoms with Crippen LogP contribution in [0.15, 0.2) is 58.5 Å². The van der Waals surface area contributed by atoms with E-state index < -0.39 is 18.5 Å². The lowest BCUT2D eigenvalue weighted by Gasteiger charge is -2.04. The van der Waals surface area contributed by atoms with Gasteiger partial charge in [-0.2, -0.15) is 0 Å². The quantitative estimate of drug-likeness (QED) is 0.530. The summed E-state index contributed by atoms with van der Waals surface area (Å²) in [4.78, 5) is 28.2. The molecule has 0 fully saturated rings. The first-order chi connectivity index (χ1) is 13.2. The number of rotatable bonds is 5. The fraction of sp³-hybridized carbons (Fsp3) is 0.0556. The van der Waals surface area contributed by atoms with Crippen LogP contribution in [0.4, 0.5) is 6.01 Å². The smallest absolute Gasteiger partial charge is 0.338 e. The van der Waals surface area contributed by atoms with Crippen LogP contribution in [-0.4, -0.2) is 33.7 Å². The second-order valence-corrected chi connectivity index (χ2v) is 6.32. The van der Waals surface area contributed by atoms with Crippen LogP contribution in [0.2, 0.25) is 0 Å². The van der Waals surface area contributed by atoms with E-state index in [0.717, 1.165) is 15.8 Å². The summed E-state index contributed by atoms with van der Waals surface area (Å²) < 4.78 is 11.3. The second-order valence-electron chi connectivity index (χ2n) is 5.44. The molecule has 2 heterocycles. The van der Waals surface area contributed by atoms with Crippen molar-refractivity contribution in [1.82, 2.24) is 15.2 Å². The van der Waals surface area contributed by atoms with Gasteiger partial charge in [-0.3, -0.25) is 10.1 Å². The summed E-state index contributed by atoms with van der Waals surface area (Å²) in [7, 11) is 0. The molecule has 4 aromatic rings. The van der Waals surface area contributed by atoms with Crippen LogP contribution >= 0.6 is 11.3 Å². The summed E-state index contributed by atoms with van der Waals surface area (Å²) >= 11 is 1.42. The van der Waals surface area contributed by atoms with Crippen molar-refractivity contribution in [3.8, 4) is 11.5 Å². The molecule has 0 aliphatic heterocycles. The van der Waals surface area contributed by atoms with Crippen molar-refractivity contribution in [2.24, 2.45) is 0 Å². The Morgan fingerprint density at radius 3 is 2.81 bits per heavy atom. The minimum absolute atomic E-state index is 0.0685. The zero-order chi connectivity index (χ0) is 18.6. The lowest BCUT2D eigenvalue weighted by Crippen LogP contribution is -2.21. The highest BCUT2D eigenvalue weighted by Crippen LogP contribution is 2.20. The van der Waals surface area contributed by atoms with Crippen molar-refractivity contribution in [3.05, 3.63) is 59.6 Å². The molecule has 1 amide bonds. The average Bonchev–Trinajstić information content (AvgIpc) is 3.35. The van der Waals surface area contributed by atoms with Gasteiger partial charge in [-0.25, -0.2) is 9.78 Å². The predicted molar refractivity (Wildman–Crippen MR) is 98.3 cm³/mol. The molecule has 0 aliphatic carbocycles. The van der Waals surface area contributed by atoms with Crippen molar-refractivity contribution in [3.63, 3.8) is 0 Å². The third-order valence-electron chi connectivity index (χ3n) is 3.59. The third-order valence-corrected chi connectivity index (χ3v) is 4.39. The number of hydrogen-bond acceptors (Lipinski definition) is 8. The van der Waals surface area contributed by atoms with E-state index in [4.69, 9.17) is 9.15 Å². The summed E-state index contributed by atoms with van der Waals surface area (Å²) in [6.45, 7) is -0.470. The van der Waals surface area contributed by atoms with E-state index in [2.05, 4.69) is 20.5 Å². The van der Waals surface area contributed by atoms with Crippen LogP contribution in [0.25, 0.3) is 21.7 Å². The number of benzene rings is 2. The van der Waals surface area contributed by atoms with E-state index in [1.165, 1.54) is 11.3 Å². The molecule has 9 heteroatoms. The fourth-order valence-corrected chi connectivity index (χ4v) is 3.04. The first kappa shape index (κ1) is 16.9. The number of carbonyl (C=O) groups excluding carboxylic acids is 2. The summed E-state index contributed by atoms with van der Waals surface area (Å²) in [5.41, 5.74) is 3.58. The maximum absolute atomic E-state index is 12.1. The molecule has 0 saturated heterocycles. The number of carbonyl (C=O) groups is 2. The molecule has 0 aliphatic rings. The Balaban J connectivity index is 1.34. The molecular formula is C18H12N4O4S. The van der Waals surface area contributed by atoms with Crippen LogP contribution in [0, 0.1) is 0 Å². The Bertz CT molecular complexity index is 1110. The highest BCUT2D eigenvalue weighted by Gasteiger charge is 2.14. The monoisotopic (exact) mass is 380 g/mol. The zero-order valence-corrected chi connectivity index (χ0v) is 14.6. The highest BCUT2D eigenvalue weighted by molar-refractivity contribution is 7.16. The maximum atomic E-state index is 12.1. The van der Waals surface area contributed by atoms with Crippen molar-refractivity contribution in [2.45, 2.75) is 0 Å². The minimum atomic E-state index is -0.601. The van der Waals surface area contributed by atoms with Gasteiger partial charge in [0.05, 0.1) is 21.3 Å². The minimum Gasteiger partial charge on any atom is -0.452 e. The Kier molecular flexibility index (Phi) is 4.58. The number of hydrogen-bond donors (Lipinski definition) is 1. The van der Waals surface area contributed by atoms with Crippen molar-refractivity contribution < 1.29 is 18.7 Å². The fourth-order valence-electron chi connectivity index (χ4n) is 2.32. The Morgan fingerprint density at radius 1 is 1.11 bits per heavy atom. The summed E-state index contributed by atoms with van der Waals surface area (Å²) in [6.07, 6.45) is 0. The van der Waals surface area contributed by atoms with Gasteiger partial charge in [-0.1, -0.05) is 23.3 Å². The zero-order valence-electron chi connectivity index (χ0n) is 13.8. The Hall–Kier alpha value is -3.59. The number of esters is 1. The number of anilines is 1. The number of amides is 1. The molecule has 2 aromatic carbocycles. The molecule has 0 bridgehead atoms. The maximum Gasteiger partial charge on any atom is 0.338 e. The predicted octanol–water partition coefficient (Wildman–Crippen LogP) is 3.14. The third kappa shape index (κ3) is 3.82. The molecule has 4 rings (SSSR count). The van der Waals surface area contributed by atoms with Crippen molar-refractivity contribution in [1.29, 1.82) is 0 Å². The van der Waals surface area contributed by atoms with Crippen molar-refractivity contribution in [2.75, 3.05) is 11.9 Å². The first-order valence-corrected chi connectivity index (χ1v) is 8.76. The van der Waals surface area contributed by atoms with Gasteiger partial charge in [0.15, 0.2) is 6.61 Å². The number of fused-ring (bicyclic) bond motifs is 1. The van der Waals surface area contributed by atoms with Gasteiger partial charge in [0.25, 0.3) is 5.91 Å². The molecule has 0 radical (unpaired) electrons. The van der Waals surface area contributed by atoms with Crippen LogP contribution in [-0.2, 0) is 9.53 Å². The summed E-state index contributed by atoms with van der Waals surface area (Å²) in [5.74, 6) is -0.901. The largest absolute Gasteiger partial charge is 0.452 e. The molecule has 0 unspecified atom stereocenters. The topological polar surface area (TPSA) is 107 Å². The van der Waals surface area contributed by atoms with Gasteiger partial charge in [-0.05, 0) is 30.3 Å². The number of nitrogens with zero attached hydrogens (tertiary/aromatic N) is 3. The number of ether oxygens (including phenoxy) is 1. The Labute approximate surface area is 156 Å². The summed E-state index contributed by atoms with van der Waals surface area (Å²) in [6, 6.07) is 14.1. The van der Waals surface area contributed by atoms with Gasteiger partial charge in [0, 0.05) is 5.56 Å². The SMILES string of the molecule is O=C(COC(=O)c1ccc2ncsc2c1)Nc1nnc(-c2ccccc2)o1. The molecule has 2 aromatic heterocycles. The summed E-state index contributed by atoms with van der Waals surface area (Å²) in [5, 5.41) is 10.0. The van der Waals surface area contributed by atoms with Crippen LogP contribution in [0.3, 0.4) is 0 Å². The lowest BCUT2D eigenvalue weighted by atomic mass is 10.2. The van der Waals surface area contributed by atoms with Gasteiger partial charge in [-0.15, -0.1) is 16.4 Å². The first-order valence-electron chi connectivity index (χ1n) is 7.88. The molecule has 0 saturated carbocycles. The molecular weight excluding hydrogens is 368 g/mol. The van der Waals surface area contributed by atoms with E-state index in [9.17, 15) is 9.59 Å². The lowest BCUT2D eigenvalue weighted by molar-refractivity contribution is -0.119. The van der Waals surface area contributed by atoms with E-state index in [0.29, 0.717) is 5.56 Å².